The standard InChI is InChI=1S/C17H26N2O/c1-19(8-9-20-13-14-6-7-14)12-15-10-16-4-2-3-5-17(16)18-11-15/h2-5,14-15,18H,6-13H2,1H3. The van der Waals surface area contributed by atoms with Crippen LogP contribution >= 0.6 is 0 Å². The van der Waals surface area contributed by atoms with E-state index in [-0.39, 0.29) is 0 Å². The number of fused-ring (bicyclic) bond motifs is 1. The molecule has 0 bridgehead atoms. The summed E-state index contributed by atoms with van der Waals surface area (Å²) >= 11 is 0. The first kappa shape index (κ1) is 13.9. The predicted octanol–water partition coefficient (Wildman–Crippen LogP) is 2.63. The largest absolute Gasteiger partial charge is 0.384 e. The van der Waals surface area contributed by atoms with E-state index in [0.29, 0.717) is 5.92 Å². The van der Waals surface area contributed by atoms with E-state index >= 15 is 0 Å². The number of benzene rings is 1. The van der Waals surface area contributed by atoms with Gasteiger partial charge in [0.2, 0.25) is 0 Å². The Morgan fingerprint density at radius 2 is 2.10 bits per heavy atom. The van der Waals surface area contributed by atoms with Crippen LogP contribution in [0.4, 0.5) is 5.69 Å². The average molecular weight is 274 g/mol. The number of anilines is 1. The SMILES string of the molecule is CN(CCOCC1CC1)CC1CNc2ccccc2C1. The molecule has 3 nitrogen and oxygen atoms in total. The number of likely N-dealkylation sites (N-methyl/N-ethyl adjacent to an activating group) is 1. The summed E-state index contributed by atoms with van der Waals surface area (Å²) in [7, 11) is 2.21. The number of nitrogens with one attached hydrogen (secondary N) is 1. The van der Waals surface area contributed by atoms with Gasteiger partial charge in [0.15, 0.2) is 0 Å². The van der Waals surface area contributed by atoms with Crippen LogP contribution in [0.5, 0.6) is 0 Å². The zero-order chi connectivity index (χ0) is 13.8. The minimum absolute atomic E-state index is 0.707. The molecule has 1 aromatic carbocycles. The zero-order valence-electron chi connectivity index (χ0n) is 12.5. The highest BCUT2D eigenvalue weighted by molar-refractivity contribution is 5.53. The van der Waals surface area contributed by atoms with Crippen molar-refractivity contribution < 1.29 is 4.74 Å². The van der Waals surface area contributed by atoms with Gasteiger partial charge in [-0.1, -0.05) is 18.2 Å². The quantitative estimate of drug-likeness (QED) is 0.774. The second-order valence-electron chi connectivity index (χ2n) is 6.39. The third-order valence-corrected chi connectivity index (χ3v) is 4.34. The maximum atomic E-state index is 5.72. The molecule has 0 saturated heterocycles. The lowest BCUT2D eigenvalue weighted by Crippen LogP contribution is -2.35. The van der Waals surface area contributed by atoms with Gasteiger partial charge >= 0.3 is 0 Å². The number of para-hydroxylation sites is 1. The maximum Gasteiger partial charge on any atom is 0.0593 e. The molecule has 1 aliphatic carbocycles. The summed E-state index contributed by atoms with van der Waals surface area (Å²) in [6.07, 6.45) is 3.95. The number of hydrogen-bond donors (Lipinski definition) is 1. The second kappa shape index (κ2) is 6.59. The molecule has 0 amide bonds. The monoisotopic (exact) mass is 274 g/mol. The van der Waals surface area contributed by atoms with Gasteiger partial charge in [0.25, 0.3) is 0 Å². The Bertz CT molecular complexity index is 431. The normalized spacial score (nSPS) is 21.6. The summed E-state index contributed by atoms with van der Waals surface area (Å²) in [6, 6.07) is 8.67. The van der Waals surface area contributed by atoms with Crippen molar-refractivity contribution in [3.05, 3.63) is 29.8 Å². The van der Waals surface area contributed by atoms with Gasteiger partial charge in [0.05, 0.1) is 6.61 Å². The van der Waals surface area contributed by atoms with Gasteiger partial charge in [-0.3, -0.25) is 0 Å². The summed E-state index contributed by atoms with van der Waals surface area (Å²) < 4.78 is 5.72. The van der Waals surface area contributed by atoms with Crippen LogP contribution in [0, 0.1) is 11.8 Å². The van der Waals surface area contributed by atoms with Crippen molar-refractivity contribution in [1.82, 2.24) is 4.90 Å². The molecule has 2 aliphatic rings. The van der Waals surface area contributed by atoms with Crippen molar-refractivity contribution in [3.8, 4) is 0 Å². The highest BCUT2D eigenvalue weighted by Crippen LogP contribution is 2.28. The Kier molecular flexibility index (Phi) is 4.58. The van der Waals surface area contributed by atoms with E-state index in [9.17, 15) is 0 Å². The van der Waals surface area contributed by atoms with Crippen molar-refractivity contribution in [2.24, 2.45) is 11.8 Å². The van der Waals surface area contributed by atoms with Crippen LogP contribution in [0.3, 0.4) is 0 Å². The van der Waals surface area contributed by atoms with Crippen LogP contribution in [0.15, 0.2) is 24.3 Å². The molecule has 3 rings (SSSR count). The van der Waals surface area contributed by atoms with Crippen molar-refractivity contribution in [1.29, 1.82) is 0 Å². The van der Waals surface area contributed by atoms with Crippen LogP contribution in [0.25, 0.3) is 0 Å². The highest BCUT2D eigenvalue weighted by Gasteiger charge is 2.21. The van der Waals surface area contributed by atoms with Crippen LogP contribution in [-0.4, -0.2) is 44.8 Å². The van der Waals surface area contributed by atoms with Crippen molar-refractivity contribution >= 4 is 5.69 Å². The summed E-state index contributed by atoms with van der Waals surface area (Å²) in [6.45, 7) is 5.14. The number of nitrogens with zero attached hydrogens (tertiary/aromatic N) is 1. The maximum absolute atomic E-state index is 5.72. The molecule has 3 heteroatoms. The Morgan fingerprint density at radius 1 is 1.25 bits per heavy atom. The Labute approximate surface area is 122 Å². The molecular weight excluding hydrogens is 248 g/mol. The fourth-order valence-corrected chi connectivity index (χ4v) is 2.92. The molecule has 1 fully saturated rings. The second-order valence-corrected chi connectivity index (χ2v) is 6.39. The Morgan fingerprint density at radius 3 is 2.95 bits per heavy atom. The Balaban J connectivity index is 1.37. The van der Waals surface area contributed by atoms with E-state index in [2.05, 4.69) is 41.5 Å². The summed E-state index contributed by atoms with van der Waals surface area (Å²) in [5.41, 5.74) is 2.78. The molecule has 1 heterocycles. The first-order valence-electron chi connectivity index (χ1n) is 7.89. The lowest BCUT2D eigenvalue weighted by molar-refractivity contribution is 0.0994. The molecule has 1 unspecified atom stereocenters. The molecule has 1 aliphatic heterocycles. The number of hydrogen-bond acceptors (Lipinski definition) is 3. The third kappa shape index (κ3) is 3.97. The van der Waals surface area contributed by atoms with Gasteiger partial charge < -0.3 is 15.0 Å². The van der Waals surface area contributed by atoms with E-state index in [1.165, 1.54) is 30.5 Å². The predicted molar refractivity (Wildman–Crippen MR) is 83.2 cm³/mol. The summed E-state index contributed by atoms with van der Waals surface area (Å²) in [5, 5.41) is 3.55. The van der Waals surface area contributed by atoms with E-state index in [1.807, 2.05) is 0 Å². The summed E-state index contributed by atoms with van der Waals surface area (Å²) in [5.74, 6) is 1.58. The molecule has 1 aromatic rings. The van der Waals surface area contributed by atoms with Crippen molar-refractivity contribution in [2.45, 2.75) is 19.3 Å². The van der Waals surface area contributed by atoms with Gasteiger partial charge in [0.1, 0.15) is 0 Å². The molecule has 0 radical (unpaired) electrons. The van der Waals surface area contributed by atoms with Crippen molar-refractivity contribution in [3.63, 3.8) is 0 Å². The van der Waals surface area contributed by atoms with Gasteiger partial charge in [-0.2, -0.15) is 0 Å². The summed E-state index contributed by atoms with van der Waals surface area (Å²) in [4.78, 5) is 2.41. The molecular formula is C17H26N2O. The van der Waals surface area contributed by atoms with Crippen LogP contribution in [-0.2, 0) is 11.2 Å². The van der Waals surface area contributed by atoms with Crippen molar-refractivity contribution in [2.75, 3.05) is 45.2 Å². The minimum atomic E-state index is 0.707. The Hall–Kier alpha value is -1.06. The third-order valence-electron chi connectivity index (χ3n) is 4.34. The van der Waals surface area contributed by atoms with Gasteiger partial charge in [-0.05, 0) is 49.8 Å². The van der Waals surface area contributed by atoms with Crippen LogP contribution in [0.2, 0.25) is 0 Å². The van der Waals surface area contributed by atoms with Gasteiger partial charge in [-0.25, -0.2) is 0 Å². The fourth-order valence-electron chi connectivity index (χ4n) is 2.92. The lowest BCUT2D eigenvalue weighted by atomic mass is 9.93. The van der Waals surface area contributed by atoms with Gasteiger partial charge in [0, 0.05) is 31.9 Å². The van der Waals surface area contributed by atoms with Crippen LogP contribution < -0.4 is 5.32 Å². The molecule has 1 N–H and O–H groups in total. The molecule has 0 spiro atoms. The molecule has 20 heavy (non-hydrogen) atoms. The molecule has 1 saturated carbocycles. The fraction of sp³-hybridized carbons (Fsp3) is 0.647. The lowest BCUT2D eigenvalue weighted by Gasteiger charge is -2.29. The van der Waals surface area contributed by atoms with E-state index in [1.54, 1.807) is 0 Å². The van der Waals surface area contributed by atoms with E-state index < -0.39 is 0 Å². The zero-order valence-corrected chi connectivity index (χ0v) is 12.5. The van der Waals surface area contributed by atoms with Crippen LogP contribution in [0.1, 0.15) is 18.4 Å². The van der Waals surface area contributed by atoms with Gasteiger partial charge in [-0.15, -0.1) is 0 Å². The molecule has 0 aromatic heterocycles. The topological polar surface area (TPSA) is 24.5 Å². The van der Waals surface area contributed by atoms with E-state index in [0.717, 1.165) is 38.8 Å². The smallest absolute Gasteiger partial charge is 0.0593 e. The first-order valence-corrected chi connectivity index (χ1v) is 7.89. The number of rotatable bonds is 7. The molecule has 110 valence electrons. The minimum Gasteiger partial charge on any atom is -0.384 e. The molecule has 1 atom stereocenters. The average Bonchev–Trinajstić information content (AvgIpc) is 3.28. The van der Waals surface area contributed by atoms with E-state index in [4.69, 9.17) is 4.74 Å². The number of ether oxygens (including phenoxy) is 1. The highest BCUT2D eigenvalue weighted by atomic mass is 16.5. The first-order chi connectivity index (χ1) is 9.81.